The molecule has 0 radical (unpaired) electrons. The SMILES string of the molecule is Cc1cccc2c1N1c3ccccc3C(C)(C)c3c(N(c4ccc(-c5ccccc5)cc4)c4ccc5ccccc5c4)ccc(c31)O2. The molecule has 0 N–H and O–H groups in total. The van der Waals surface area contributed by atoms with Crippen molar-refractivity contribution in [2.75, 3.05) is 9.80 Å². The minimum absolute atomic E-state index is 0.323. The lowest BCUT2D eigenvalue weighted by Crippen LogP contribution is -2.34. The molecule has 0 amide bonds. The van der Waals surface area contributed by atoms with E-state index in [4.69, 9.17) is 4.74 Å². The fourth-order valence-electron chi connectivity index (χ4n) is 7.65. The van der Waals surface area contributed by atoms with Gasteiger partial charge in [-0.3, -0.25) is 0 Å². The van der Waals surface area contributed by atoms with Gasteiger partial charge in [0.2, 0.25) is 0 Å². The van der Waals surface area contributed by atoms with E-state index in [0.29, 0.717) is 0 Å². The molecule has 0 bridgehead atoms. The Morgan fingerprint density at radius 2 is 1.23 bits per heavy atom. The van der Waals surface area contributed by atoms with Crippen LogP contribution in [0.3, 0.4) is 0 Å². The van der Waals surface area contributed by atoms with E-state index in [2.05, 4.69) is 182 Å². The summed E-state index contributed by atoms with van der Waals surface area (Å²) in [5, 5.41) is 2.44. The Hall–Kier alpha value is -5.80. The molecule has 2 aliphatic heterocycles. The molecule has 2 heterocycles. The van der Waals surface area contributed by atoms with Gasteiger partial charge in [-0.25, -0.2) is 0 Å². The Labute approximate surface area is 275 Å². The molecule has 2 aliphatic rings. The van der Waals surface area contributed by atoms with Gasteiger partial charge < -0.3 is 14.5 Å². The van der Waals surface area contributed by atoms with E-state index in [1.807, 2.05) is 0 Å². The zero-order valence-electron chi connectivity index (χ0n) is 26.7. The number of ether oxygens (including phenoxy) is 1. The minimum atomic E-state index is -0.323. The second kappa shape index (κ2) is 10.4. The maximum absolute atomic E-state index is 6.72. The first-order valence-electron chi connectivity index (χ1n) is 16.3. The zero-order valence-corrected chi connectivity index (χ0v) is 26.7. The van der Waals surface area contributed by atoms with Crippen LogP contribution in [0.5, 0.6) is 11.5 Å². The Kier molecular flexibility index (Phi) is 6.07. The van der Waals surface area contributed by atoms with Crippen LogP contribution in [0.1, 0.15) is 30.5 Å². The van der Waals surface area contributed by atoms with Gasteiger partial charge in [-0.1, -0.05) is 117 Å². The van der Waals surface area contributed by atoms with Crippen LogP contribution in [0.2, 0.25) is 0 Å². The molecule has 47 heavy (non-hydrogen) atoms. The van der Waals surface area contributed by atoms with Crippen LogP contribution in [-0.2, 0) is 5.41 Å². The van der Waals surface area contributed by atoms with Gasteiger partial charge in [0.25, 0.3) is 0 Å². The summed E-state index contributed by atoms with van der Waals surface area (Å²) in [6.07, 6.45) is 0. The second-order valence-electron chi connectivity index (χ2n) is 13.1. The number of benzene rings is 7. The fourth-order valence-corrected chi connectivity index (χ4v) is 7.65. The highest BCUT2D eigenvalue weighted by Gasteiger charge is 2.44. The number of hydrogen-bond acceptors (Lipinski definition) is 3. The lowest BCUT2D eigenvalue weighted by Gasteiger charge is -2.47. The summed E-state index contributed by atoms with van der Waals surface area (Å²) in [4.78, 5) is 4.87. The number of rotatable bonds is 4. The van der Waals surface area contributed by atoms with Crippen molar-refractivity contribution in [2.24, 2.45) is 0 Å². The zero-order chi connectivity index (χ0) is 31.7. The molecule has 0 saturated heterocycles. The van der Waals surface area contributed by atoms with Gasteiger partial charge in [-0.15, -0.1) is 0 Å². The van der Waals surface area contributed by atoms with Crippen LogP contribution in [0, 0.1) is 6.92 Å². The summed E-state index contributed by atoms with van der Waals surface area (Å²) in [6, 6.07) is 54.5. The van der Waals surface area contributed by atoms with E-state index in [-0.39, 0.29) is 5.41 Å². The Morgan fingerprint density at radius 3 is 2.06 bits per heavy atom. The van der Waals surface area contributed by atoms with E-state index in [0.717, 1.165) is 39.9 Å². The average molecular weight is 607 g/mol. The predicted octanol–water partition coefficient (Wildman–Crippen LogP) is 12.5. The topological polar surface area (TPSA) is 15.7 Å². The summed E-state index contributed by atoms with van der Waals surface area (Å²) in [7, 11) is 0. The molecule has 0 unspecified atom stereocenters. The Bertz CT molecular complexity index is 2320. The van der Waals surface area contributed by atoms with Crippen molar-refractivity contribution < 1.29 is 4.74 Å². The molecule has 0 atom stereocenters. The molecule has 7 aromatic rings. The van der Waals surface area contributed by atoms with Gasteiger partial charge in [-0.2, -0.15) is 0 Å². The van der Waals surface area contributed by atoms with Crippen LogP contribution < -0.4 is 14.5 Å². The molecule has 7 aromatic carbocycles. The summed E-state index contributed by atoms with van der Waals surface area (Å²) < 4.78 is 6.72. The summed E-state index contributed by atoms with van der Waals surface area (Å²) in [5.74, 6) is 1.76. The fraction of sp³-hybridized carbons (Fsp3) is 0.0909. The molecule has 0 spiro atoms. The van der Waals surface area contributed by atoms with E-state index < -0.39 is 0 Å². The molecule has 0 saturated carbocycles. The summed E-state index contributed by atoms with van der Waals surface area (Å²) in [5.41, 5.74) is 12.6. The van der Waals surface area contributed by atoms with Crippen LogP contribution >= 0.6 is 0 Å². The van der Waals surface area contributed by atoms with Crippen molar-refractivity contribution >= 4 is 44.9 Å². The van der Waals surface area contributed by atoms with E-state index in [9.17, 15) is 0 Å². The lowest BCUT2D eigenvalue weighted by molar-refractivity contribution is 0.471. The number of hydrogen-bond donors (Lipinski definition) is 0. The number of para-hydroxylation sites is 2. The third-order valence-corrected chi connectivity index (χ3v) is 9.89. The molecule has 0 aromatic heterocycles. The second-order valence-corrected chi connectivity index (χ2v) is 13.1. The highest BCUT2D eigenvalue weighted by molar-refractivity contribution is 5.99. The normalized spacial score (nSPS) is 13.7. The van der Waals surface area contributed by atoms with Gasteiger partial charge in [0, 0.05) is 22.4 Å². The van der Waals surface area contributed by atoms with Gasteiger partial charge in [-0.05, 0) is 88.5 Å². The third-order valence-electron chi connectivity index (χ3n) is 9.89. The van der Waals surface area contributed by atoms with E-state index in [1.54, 1.807) is 0 Å². The predicted molar refractivity (Wildman–Crippen MR) is 196 cm³/mol. The van der Waals surface area contributed by atoms with Gasteiger partial charge in [0.05, 0.1) is 22.7 Å². The van der Waals surface area contributed by atoms with Crippen molar-refractivity contribution in [1.82, 2.24) is 0 Å². The molecule has 0 fully saturated rings. The minimum Gasteiger partial charge on any atom is -0.453 e. The number of nitrogens with zero attached hydrogens (tertiary/aromatic N) is 2. The van der Waals surface area contributed by atoms with Crippen molar-refractivity contribution in [3.05, 3.63) is 168 Å². The molecule has 3 heteroatoms. The molecule has 9 rings (SSSR count). The van der Waals surface area contributed by atoms with Gasteiger partial charge >= 0.3 is 0 Å². The van der Waals surface area contributed by atoms with E-state index in [1.165, 1.54) is 44.3 Å². The molecule has 3 nitrogen and oxygen atoms in total. The molecular formula is C44H34N2O. The van der Waals surface area contributed by atoms with Crippen LogP contribution in [-0.4, -0.2) is 0 Å². The molecule has 226 valence electrons. The van der Waals surface area contributed by atoms with E-state index >= 15 is 0 Å². The maximum atomic E-state index is 6.72. The maximum Gasteiger partial charge on any atom is 0.152 e. The van der Waals surface area contributed by atoms with Crippen LogP contribution in [0.4, 0.5) is 34.1 Å². The first-order chi connectivity index (χ1) is 23.0. The van der Waals surface area contributed by atoms with Crippen molar-refractivity contribution in [1.29, 1.82) is 0 Å². The number of fused-ring (bicyclic) bond motifs is 5. The van der Waals surface area contributed by atoms with Gasteiger partial charge in [0.15, 0.2) is 11.5 Å². The number of aryl methyl sites for hydroxylation is 1. The quantitative estimate of drug-likeness (QED) is 0.198. The summed E-state index contributed by atoms with van der Waals surface area (Å²) in [6.45, 7) is 6.88. The highest BCUT2D eigenvalue weighted by Crippen LogP contribution is 2.63. The molecular weight excluding hydrogens is 572 g/mol. The van der Waals surface area contributed by atoms with Crippen LogP contribution in [0.25, 0.3) is 21.9 Å². The Morgan fingerprint density at radius 1 is 0.553 bits per heavy atom. The van der Waals surface area contributed by atoms with Crippen molar-refractivity contribution in [3.8, 4) is 22.6 Å². The lowest BCUT2D eigenvalue weighted by atomic mass is 9.72. The Balaban J connectivity index is 1.32. The first kappa shape index (κ1) is 27.5. The standard InChI is InChI=1S/C44H34N2O/c1-29-12-11-19-39-42(29)46-37-18-10-9-17-36(37)44(2,3)41-38(26-27-40(47-39)43(41)46)45(35-25-22-31-15-7-8-16-33(31)28-35)34-23-20-32(21-24-34)30-13-5-4-6-14-30/h4-28H,1-3H3. The van der Waals surface area contributed by atoms with Crippen molar-refractivity contribution in [3.63, 3.8) is 0 Å². The monoisotopic (exact) mass is 606 g/mol. The third kappa shape index (κ3) is 4.20. The first-order valence-corrected chi connectivity index (χ1v) is 16.3. The number of anilines is 6. The van der Waals surface area contributed by atoms with Crippen LogP contribution in [0.15, 0.2) is 152 Å². The summed E-state index contributed by atoms with van der Waals surface area (Å²) >= 11 is 0. The molecule has 0 aliphatic carbocycles. The highest BCUT2D eigenvalue weighted by atomic mass is 16.5. The van der Waals surface area contributed by atoms with Gasteiger partial charge in [0.1, 0.15) is 0 Å². The largest absolute Gasteiger partial charge is 0.453 e. The van der Waals surface area contributed by atoms with Crippen molar-refractivity contribution in [2.45, 2.75) is 26.2 Å². The smallest absolute Gasteiger partial charge is 0.152 e. The average Bonchev–Trinajstić information content (AvgIpc) is 3.11.